The Kier molecular flexibility index (Phi) is 14.1. The highest BCUT2D eigenvalue weighted by Gasteiger charge is 2.42. The van der Waals surface area contributed by atoms with Gasteiger partial charge in [-0.05, 0) is 96.4 Å². The third-order valence-electron chi connectivity index (χ3n) is 10.0. The number of nitrogens with zero attached hydrogens (tertiary/aromatic N) is 2. The third-order valence-corrected chi connectivity index (χ3v) is 13.8. The van der Waals surface area contributed by atoms with Crippen molar-refractivity contribution in [3.8, 4) is 0 Å². The molecule has 2 aliphatic heterocycles. The van der Waals surface area contributed by atoms with Crippen LogP contribution in [0.3, 0.4) is 0 Å². The Hall–Kier alpha value is -4.76. The maximum Gasteiger partial charge on any atom is 0.295 e. The number of aliphatic imine (C=N–C) groups is 1. The van der Waals surface area contributed by atoms with Crippen molar-refractivity contribution >= 4 is 90.7 Å². The van der Waals surface area contributed by atoms with Crippen molar-refractivity contribution in [3.05, 3.63) is 133 Å². The van der Waals surface area contributed by atoms with Crippen LogP contribution in [0.4, 0.5) is 11.4 Å². The van der Waals surface area contributed by atoms with Gasteiger partial charge in [0.2, 0.25) is 0 Å². The van der Waals surface area contributed by atoms with Gasteiger partial charge >= 0.3 is 0 Å². The van der Waals surface area contributed by atoms with Crippen LogP contribution in [-0.2, 0) is 51.3 Å². The van der Waals surface area contributed by atoms with Crippen LogP contribution in [0.15, 0.2) is 146 Å². The average Bonchev–Trinajstić information content (AvgIpc) is 3.56. The summed E-state index contributed by atoms with van der Waals surface area (Å²) in [5, 5.41) is 0.653. The molecule has 2 heterocycles. The second kappa shape index (κ2) is 17.5. The van der Waals surface area contributed by atoms with Gasteiger partial charge in [0.1, 0.15) is 9.79 Å². The van der Waals surface area contributed by atoms with Crippen molar-refractivity contribution in [2.45, 2.75) is 72.0 Å². The first kappa shape index (κ1) is 48.9. The van der Waals surface area contributed by atoms with Crippen LogP contribution >= 0.6 is 11.6 Å². The Labute approximate surface area is 361 Å². The lowest BCUT2D eigenvalue weighted by atomic mass is 9.79. The van der Waals surface area contributed by atoms with Gasteiger partial charge in [-0.15, -0.1) is 13.2 Å². The maximum absolute atomic E-state index is 12.3. The molecular weight excluding hydrogens is 888 g/mol. The molecule has 0 bridgehead atoms. The van der Waals surface area contributed by atoms with Gasteiger partial charge in [-0.1, -0.05) is 76.2 Å². The Morgan fingerprint density at radius 1 is 0.738 bits per heavy atom. The molecule has 4 aromatic carbocycles. The van der Waals surface area contributed by atoms with Gasteiger partial charge in [-0.3, -0.25) is 23.2 Å². The number of halogens is 1. The van der Waals surface area contributed by atoms with Gasteiger partial charge in [0, 0.05) is 44.6 Å². The number of fused-ring (bicyclic) bond motifs is 6. The summed E-state index contributed by atoms with van der Waals surface area (Å²) < 4.78 is 137. The smallest absolute Gasteiger partial charge is 0.295 e. The van der Waals surface area contributed by atoms with Crippen molar-refractivity contribution in [2.24, 2.45) is 4.99 Å². The van der Waals surface area contributed by atoms with E-state index < -0.39 is 70.9 Å². The number of likely N-dealkylation sites (N-methyl/N-ethyl adjacent to an activating group) is 1. The summed E-state index contributed by atoms with van der Waals surface area (Å²) in [6.45, 7) is 21.0. The topological polar surface area (TPSA) is 233 Å². The summed E-state index contributed by atoms with van der Waals surface area (Å²) in [7, 11) is -19.5. The monoisotopic (exact) mass is 932 g/mol. The summed E-state index contributed by atoms with van der Waals surface area (Å²) in [5.41, 5.74) is 1.35. The fourth-order valence-corrected chi connectivity index (χ4v) is 10.3. The zero-order valence-electron chi connectivity index (χ0n) is 33.9. The molecule has 61 heavy (non-hydrogen) atoms. The standard InChI is InChI=1S/C35H33ClN2O12S4.C5H8.C2H4/c1-6-38-27-12-10-23-25(16-21(52(42,43)44)18-29(23)54(48,49)50)33(27)35(4,5)31(38)14-8-19(36)7-13-30-34(2,3)32-24-15-20(51(39,40)41)17-28(53(45,46)47)22(24)9-11-26(32)37-30;1-3-5-4-2;1-2/h7-18H,6H2,1-5H3,(H,39,40,41)(H,42,43,44)(H,45,46,47)(H,48,49,50);3-5H,1H2,2H3;1-2H2/b13-7+,19-8-,31-14+;5-4-;. The van der Waals surface area contributed by atoms with Crippen molar-refractivity contribution in [3.63, 3.8) is 0 Å². The van der Waals surface area contributed by atoms with Gasteiger partial charge in [-0.2, -0.15) is 33.7 Å². The van der Waals surface area contributed by atoms with Crippen LogP contribution in [0.25, 0.3) is 21.5 Å². The Bertz CT molecular complexity index is 3090. The zero-order valence-corrected chi connectivity index (χ0v) is 38.0. The molecule has 0 spiro atoms. The van der Waals surface area contributed by atoms with Gasteiger partial charge < -0.3 is 4.90 Å². The summed E-state index contributed by atoms with van der Waals surface area (Å²) in [6, 6.07) is 9.71. The van der Waals surface area contributed by atoms with E-state index in [1.165, 1.54) is 24.3 Å². The molecule has 0 unspecified atom stereocenters. The Balaban J connectivity index is 0.00000109. The first-order valence-corrected chi connectivity index (χ1v) is 24.2. The predicted octanol–water partition coefficient (Wildman–Crippen LogP) is 9.27. The normalized spacial score (nSPS) is 16.9. The largest absolute Gasteiger partial charge is 0.344 e. The minimum absolute atomic E-state index is 0.0264. The SMILES string of the molecule is C=C.C=C/C=C\C.CCN1/C(=C/C=C(Cl)/C=C/C2=Nc3ccc4c(S(=O)(=O)O)cc(S(=O)(=O)O)cc4c3C2(C)C)C(C)(C)c2c1ccc1c(S(=O)(=O)O)cc(S(=O)(=O)O)cc21. The molecule has 2 aliphatic rings. The first-order chi connectivity index (χ1) is 28.1. The Morgan fingerprint density at radius 3 is 1.66 bits per heavy atom. The highest BCUT2D eigenvalue weighted by atomic mass is 35.5. The summed E-state index contributed by atoms with van der Waals surface area (Å²) in [6.07, 6.45) is 12.1. The van der Waals surface area contributed by atoms with E-state index in [0.717, 1.165) is 6.07 Å². The highest BCUT2D eigenvalue weighted by molar-refractivity contribution is 7.87. The van der Waals surface area contributed by atoms with Crippen molar-refractivity contribution in [2.75, 3.05) is 11.4 Å². The average molecular weight is 934 g/mol. The lowest BCUT2D eigenvalue weighted by Gasteiger charge is -2.26. The van der Waals surface area contributed by atoms with Crippen LogP contribution in [0.5, 0.6) is 0 Å². The highest BCUT2D eigenvalue weighted by Crippen LogP contribution is 2.52. The molecule has 326 valence electrons. The summed E-state index contributed by atoms with van der Waals surface area (Å²) in [5.74, 6) is 0. The van der Waals surface area contributed by atoms with E-state index in [-0.39, 0.29) is 26.6 Å². The van der Waals surface area contributed by atoms with Gasteiger partial charge in [-0.25, -0.2) is 0 Å². The van der Waals surface area contributed by atoms with Gasteiger partial charge in [0.25, 0.3) is 40.5 Å². The van der Waals surface area contributed by atoms with Crippen LogP contribution in [0, 0.1) is 0 Å². The molecule has 0 saturated carbocycles. The quantitative estimate of drug-likeness (QED) is 0.0697. The number of allylic oxidation sites excluding steroid dienone is 9. The van der Waals surface area contributed by atoms with E-state index in [1.54, 1.807) is 50.3 Å². The predicted molar refractivity (Wildman–Crippen MR) is 241 cm³/mol. The van der Waals surface area contributed by atoms with E-state index in [9.17, 15) is 51.9 Å². The number of anilines is 1. The fraction of sp³-hybridized carbons (Fsp3) is 0.214. The second-order valence-electron chi connectivity index (χ2n) is 14.5. The van der Waals surface area contributed by atoms with E-state index in [1.807, 2.05) is 44.7 Å². The molecule has 14 nitrogen and oxygen atoms in total. The molecule has 0 fully saturated rings. The number of hydrogen-bond donors (Lipinski definition) is 4. The molecule has 4 N–H and O–H groups in total. The molecule has 0 atom stereocenters. The molecule has 19 heteroatoms. The molecule has 0 aliphatic carbocycles. The van der Waals surface area contributed by atoms with E-state index in [2.05, 4.69) is 24.7 Å². The molecular formula is C42H45ClN2O12S4. The number of benzene rings is 4. The van der Waals surface area contributed by atoms with Gasteiger partial charge in [0.05, 0.1) is 21.2 Å². The molecule has 0 saturated heterocycles. The minimum atomic E-state index is -4.90. The van der Waals surface area contributed by atoms with E-state index >= 15 is 0 Å². The van der Waals surface area contributed by atoms with E-state index in [4.69, 9.17) is 11.6 Å². The van der Waals surface area contributed by atoms with Crippen molar-refractivity contribution < 1.29 is 51.9 Å². The van der Waals surface area contributed by atoms with E-state index in [0.29, 0.717) is 52.6 Å². The molecule has 0 radical (unpaired) electrons. The third kappa shape index (κ3) is 9.67. The van der Waals surface area contributed by atoms with Crippen LogP contribution in [0.2, 0.25) is 0 Å². The summed E-state index contributed by atoms with van der Waals surface area (Å²) >= 11 is 6.69. The Morgan fingerprint density at radius 2 is 1.23 bits per heavy atom. The first-order valence-electron chi connectivity index (χ1n) is 18.1. The van der Waals surface area contributed by atoms with Gasteiger partial charge in [0.15, 0.2) is 0 Å². The molecule has 6 rings (SSSR count). The zero-order chi connectivity index (χ0) is 46.3. The lowest BCUT2D eigenvalue weighted by molar-refractivity contribution is 0.477. The van der Waals surface area contributed by atoms with Crippen LogP contribution in [-0.4, -0.2) is 64.1 Å². The lowest BCUT2D eigenvalue weighted by Crippen LogP contribution is -2.25. The van der Waals surface area contributed by atoms with Crippen molar-refractivity contribution in [1.82, 2.24) is 0 Å². The number of rotatable bonds is 9. The fourth-order valence-electron chi connectivity index (χ4n) is 7.47. The minimum Gasteiger partial charge on any atom is -0.344 e. The number of hydrogen-bond acceptors (Lipinski definition) is 10. The molecule has 0 aromatic heterocycles. The second-order valence-corrected chi connectivity index (χ2v) is 20.6. The maximum atomic E-state index is 12.3. The van der Waals surface area contributed by atoms with Crippen LogP contribution < -0.4 is 4.90 Å². The van der Waals surface area contributed by atoms with Crippen molar-refractivity contribution in [1.29, 1.82) is 0 Å². The van der Waals surface area contributed by atoms with Crippen LogP contribution in [0.1, 0.15) is 52.7 Å². The summed E-state index contributed by atoms with van der Waals surface area (Å²) in [4.78, 5) is 3.81. The molecule has 4 aromatic rings. The molecule has 0 amide bonds.